The first-order valence-electron chi connectivity index (χ1n) is 5.97. The van der Waals surface area contributed by atoms with Crippen LogP contribution >= 0.6 is 27.3 Å². The van der Waals surface area contributed by atoms with E-state index in [0.717, 1.165) is 34.6 Å². The number of nitrogens with one attached hydrogen (secondary N) is 2. The molecule has 18 heavy (non-hydrogen) atoms. The van der Waals surface area contributed by atoms with Gasteiger partial charge in [0.1, 0.15) is 0 Å². The van der Waals surface area contributed by atoms with E-state index >= 15 is 0 Å². The second kappa shape index (κ2) is 6.47. The fourth-order valence-electron chi connectivity index (χ4n) is 2.06. The minimum Gasteiger partial charge on any atom is -0.316 e. The molecule has 0 radical (unpaired) electrons. The second-order valence-electron chi connectivity index (χ2n) is 4.52. The summed E-state index contributed by atoms with van der Waals surface area (Å²) in [4.78, 5) is 1.02. The summed E-state index contributed by atoms with van der Waals surface area (Å²) in [6, 6.07) is 3.86. The third-order valence-corrected chi connectivity index (χ3v) is 6.07. The van der Waals surface area contributed by atoms with Crippen molar-refractivity contribution in [2.75, 3.05) is 18.8 Å². The number of piperidine rings is 1. The van der Waals surface area contributed by atoms with Crippen LogP contribution in [0, 0.1) is 5.92 Å². The van der Waals surface area contributed by atoms with Gasteiger partial charge in [0.2, 0.25) is 10.0 Å². The van der Waals surface area contributed by atoms with Crippen molar-refractivity contribution < 1.29 is 8.42 Å². The highest BCUT2D eigenvalue weighted by molar-refractivity contribution is 9.11. The van der Waals surface area contributed by atoms with Crippen molar-refractivity contribution in [2.24, 2.45) is 5.92 Å². The Morgan fingerprint density at radius 2 is 2.33 bits per heavy atom. The smallest absolute Gasteiger partial charge is 0.212 e. The minimum absolute atomic E-state index is 0.229. The van der Waals surface area contributed by atoms with Crippen LogP contribution in [-0.2, 0) is 16.6 Å². The SMILES string of the molecule is O=S(=O)(CC1CCCNC1)NCc1ccc(Br)s1. The number of thiophene rings is 1. The van der Waals surface area contributed by atoms with Gasteiger partial charge in [0.25, 0.3) is 0 Å². The molecule has 2 heterocycles. The highest BCUT2D eigenvalue weighted by atomic mass is 79.9. The van der Waals surface area contributed by atoms with Gasteiger partial charge < -0.3 is 5.32 Å². The van der Waals surface area contributed by atoms with Crippen LogP contribution in [0.2, 0.25) is 0 Å². The van der Waals surface area contributed by atoms with Crippen molar-refractivity contribution in [3.8, 4) is 0 Å². The molecule has 7 heteroatoms. The largest absolute Gasteiger partial charge is 0.316 e. The van der Waals surface area contributed by atoms with E-state index in [1.807, 2.05) is 12.1 Å². The molecular weight excluding hydrogens is 336 g/mol. The fraction of sp³-hybridized carbons (Fsp3) is 0.636. The van der Waals surface area contributed by atoms with Gasteiger partial charge >= 0.3 is 0 Å². The molecule has 0 aliphatic carbocycles. The highest BCUT2D eigenvalue weighted by Crippen LogP contribution is 2.22. The number of rotatable bonds is 5. The van der Waals surface area contributed by atoms with Crippen LogP contribution < -0.4 is 10.0 Å². The Morgan fingerprint density at radius 3 is 2.94 bits per heavy atom. The molecule has 1 aliphatic rings. The predicted molar refractivity (Wildman–Crippen MR) is 78.2 cm³/mol. The van der Waals surface area contributed by atoms with E-state index in [4.69, 9.17) is 0 Å². The van der Waals surface area contributed by atoms with Gasteiger partial charge in [0.15, 0.2) is 0 Å². The number of hydrogen-bond donors (Lipinski definition) is 2. The topological polar surface area (TPSA) is 58.2 Å². The monoisotopic (exact) mass is 352 g/mol. The van der Waals surface area contributed by atoms with E-state index in [2.05, 4.69) is 26.0 Å². The molecule has 2 N–H and O–H groups in total. The molecule has 1 fully saturated rings. The van der Waals surface area contributed by atoms with E-state index in [1.165, 1.54) is 0 Å². The van der Waals surface area contributed by atoms with Crippen molar-refractivity contribution in [1.82, 2.24) is 10.0 Å². The molecule has 0 amide bonds. The Kier molecular flexibility index (Phi) is 5.20. The molecule has 1 unspecified atom stereocenters. The summed E-state index contributed by atoms with van der Waals surface area (Å²) in [5.74, 6) is 0.471. The minimum atomic E-state index is -3.17. The fourth-order valence-corrected chi connectivity index (χ4v) is 4.98. The Hall–Kier alpha value is 0.0500. The molecule has 1 aromatic heterocycles. The molecule has 1 aliphatic heterocycles. The zero-order valence-electron chi connectivity index (χ0n) is 9.99. The van der Waals surface area contributed by atoms with Gasteiger partial charge in [-0.3, -0.25) is 0 Å². The molecule has 0 bridgehead atoms. The van der Waals surface area contributed by atoms with Crippen molar-refractivity contribution in [3.63, 3.8) is 0 Å². The van der Waals surface area contributed by atoms with Gasteiger partial charge in [-0.15, -0.1) is 11.3 Å². The van der Waals surface area contributed by atoms with Crippen LogP contribution in [-0.4, -0.2) is 27.3 Å². The zero-order chi connectivity index (χ0) is 13.0. The molecule has 1 atom stereocenters. The van der Waals surface area contributed by atoms with Crippen LogP contribution in [0.15, 0.2) is 15.9 Å². The predicted octanol–water partition coefficient (Wildman–Crippen LogP) is 1.93. The molecule has 1 aromatic rings. The molecule has 2 rings (SSSR count). The molecule has 4 nitrogen and oxygen atoms in total. The summed E-state index contributed by atoms with van der Waals surface area (Å²) >= 11 is 4.92. The van der Waals surface area contributed by atoms with Crippen LogP contribution in [0.25, 0.3) is 0 Å². The third-order valence-electron chi connectivity index (χ3n) is 2.95. The summed E-state index contributed by atoms with van der Waals surface area (Å²) in [5, 5.41) is 3.24. The Labute approximate surface area is 120 Å². The van der Waals surface area contributed by atoms with E-state index in [9.17, 15) is 8.42 Å². The number of halogens is 1. The number of hydrogen-bond acceptors (Lipinski definition) is 4. The normalized spacial score (nSPS) is 21.1. The first kappa shape index (κ1) is 14.5. The van der Waals surface area contributed by atoms with Crippen molar-refractivity contribution in [1.29, 1.82) is 0 Å². The molecule has 0 spiro atoms. The van der Waals surface area contributed by atoms with Gasteiger partial charge in [-0.1, -0.05) is 0 Å². The summed E-state index contributed by atoms with van der Waals surface area (Å²) in [5.41, 5.74) is 0. The molecular formula is C11H17BrN2O2S2. The summed E-state index contributed by atoms with van der Waals surface area (Å²) in [6.45, 7) is 2.21. The quantitative estimate of drug-likeness (QED) is 0.851. The standard InChI is InChI=1S/C11H17BrN2O2S2/c12-11-4-3-10(17-11)7-14-18(15,16)8-9-2-1-5-13-6-9/h3-4,9,13-14H,1-2,5-8H2. The Morgan fingerprint density at radius 1 is 1.50 bits per heavy atom. The summed E-state index contributed by atoms with van der Waals surface area (Å²) in [6.07, 6.45) is 2.07. The molecule has 0 aromatic carbocycles. The molecule has 102 valence electrons. The van der Waals surface area contributed by atoms with Gasteiger partial charge in [-0.25, -0.2) is 13.1 Å². The molecule has 0 saturated carbocycles. The maximum atomic E-state index is 11.9. The third kappa shape index (κ3) is 4.62. The van der Waals surface area contributed by atoms with Crippen LogP contribution in [0.4, 0.5) is 0 Å². The average Bonchev–Trinajstić information content (AvgIpc) is 2.74. The first-order valence-corrected chi connectivity index (χ1v) is 9.23. The van der Waals surface area contributed by atoms with E-state index < -0.39 is 10.0 Å². The lowest BCUT2D eigenvalue weighted by Gasteiger charge is -2.22. The Bertz CT molecular complexity index is 481. The van der Waals surface area contributed by atoms with Gasteiger partial charge in [-0.2, -0.15) is 0 Å². The molecule has 1 saturated heterocycles. The lowest BCUT2D eigenvalue weighted by atomic mass is 10.0. The maximum Gasteiger partial charge on any atom is 0.212 e. The first-order chi connectivity index (χ1) is 8.55. The van der Waals surface area contributed by atoms with Crippen LogP contribution in [0.3, 0.4) is 0 Å². The maximum absolute atomic E-state index is 11.9. The van der Waals surface area contributed by atoms with E-state index in [0.29, 0.717) is 6.54 Å². The zero-order valence-corrected chi connectivity index (χ0v) is 13.2. The lowest BCUT2D eigenvalue weighted by molar-refractivity contribution is 0.402. The lowest BCUT2D eigenvalue weighted by Crippen LogP contribution is -2.37. The average molecular weight is 353 g/mol. The highest BCUT2D eigenvalue weighted by Gasteiger charge is 2.20. The van der Waals surface area contributed by atoms with E-state index in [1.54, 1.807) is 11.3 Å². The Balaban J connectivity index is 1.83. The summed E-state index contributed by atoms with van der Waals surface area (Å²) in [7, 11) is -3.17. The van der Waals surface area contributed by atoms with Crippen molar-refractivity contribution in [2.45, 2.75) is 19.4 Å². The van der Waals surface area contributed by atoms with Gasteiger partial charge in [-0.05, 0) is 59.9 Å². The van der Waals surface area contributed by atoms with Gasteiger partial charge in [0.05, 0.1) is 9.54 Å². The van der Waals surface area contributed by atoms with Crippen LogP contribution in [0.1, 0.15) is 17.7 Å². The summed E-state index contributed by atoms with van der Waals surface area (Å²) < 4.78 is 27.6. The van der Waals surface area contributed by atoms with Crippen molar-refractivity contribution in [3.05, 3.63) is 20.8 Å². The van der Waals surface area contributed by atoms with E-state index in [-0.39, 0.29) is 11.7 Å². The number of sulfonamides is 1. The second-order valence-corrected chi connectivity index (χ2v) is 8.92. The van der Waals surface area contributed by atoms with Crippen molar-refractivity contribution >= 4 is 37.3 Å². The van der Waals surface area contributed by atoms with Gasteiger partial charge in [0, 0.05) is 11.4 Å². The van der Waals surface area contributed by atoms with Crippen LogP contribution in [0.5, 0.6) is 0 Å².